The second-order valence-electron chi connectivity index (χ2n) is 4.65. The summed E-state index contributed by atoms with van der Waals surface area (Å²) in [5.74, 6) is -0.599. The number of rotatable bonds is 1. The number of likely N-dealkylation sites (N-methyl/N-ethyl adjacent to an activating group) is 1. The largest absolute Gasteiger partial charge is 0.328 e. The van der Waals surface area contributed by atoms with Crippen LogP contribution in [0.5, 0.6) is 0 Å². The fourth-order valence-corrected chi connectivity index (χ4v) is 2.30. The molecule has 1 unspecified atom stereocenters. The van der Waals surface area contributed by atoms with Crippen molar-refractivity contribution in [2.24, 2.45) is 0 Å². The predicted octanol–water partition coefficient (Wildman–Crippen LogP) is -1.04. The molecule has 2 rings (SSSR count). The van der Waals surface area contributed by atoms with Crippen molar-refractivity contribution in [1.29, 1.82) is 0 Å². The van der Waals surface area contributed by atoms with Gasteiger partial charge in [0.1, 0.15) is 6.04 Å². The van der Waals surface area contributed by atoms with E-state index in [0.29, 0.717) is 32.4 Å². The summed E-state index contributed by atoms with van der Waals surface area (Å²) in [5.41, 5.74) is 0. The van der Waals surface area contributed by atoms with Gasteiger partial charge in [-0.15, -0.1) is 0 Å². The molecule has 6 heteroatoms. The van der Waals surface area contributed by atoms with Crippen LogP contribution in [0.25, 0.3) is 0 Å². The first kappa shape index (κ1) is 12.0. The Bertz CT molecular complexity index is 356. The first-order chi connectivity index (χ1) is 8.08. The topological polar surface area (TPSA) is 69.7 Å². The van der Waals surface area contributed by atoms with E-state index in [9.17, 15) is 14.4 Å². The molecule has 0 aliphatic carbocycles. The number of amides is 3. The number of nitrogens with zero attached hydrogens (tertiary/aromatic N) is 2. The molecule has 0 saturated carbocycles. The molecular formula is C11H17N3O3. The zero-order chi connectivity index (χ0) is 12.4. The lowest BCUT2D eigenvalue weighted by Crippen LogP contribution is -2.57. The van der Waals surface area contributed by atoms with Gasteiger partial charge in [0.05, 0.1) is 6.54 Å². The maximum absolute atomic E-state index is 11.9. The van der Waals surface area contributed by atoms with Crippen LogP contribution in [-0.2, 0) is 14.4 Å². The highest BCUT2D eigenvalue weighted by Crippen LogP contribution is 2.15. The van der Waals surface area contributed by atoms with Crippen molar-refractivity contribution in [3.05, 3.63) is 0 Å². The number of nitrogens with one attached hydrogen (secondary N) is 1. The normalized spacial score (nSPS) is 27.9. The molecule has 94 valence electrons. The van der Waals surface area contributed by atoms with Gasteiger partial charge >= 0.3 is 0 Å². The van der Waals surface area contributed by atoms with E-state index in [1.807, 2.05) is 11.9 Å². The SMILES string of the molecule is CN1CCN(C2CCCC(=O)NC2=O)C(=O)C1. The summed E-state index contributed by atoms with van der Waals surface area (Å²) < 4.78 is 0. The van der Waals surface area contributed by atoms with E-state index in [4.69, 9.17) is 0 Å². The van der Waals surface area contributed by atoms with E-state index in [1.54, 1.807) is 4.90 Å². The highest BCUT2D eigenvalue weighted by molar-refractivity contribution is 6.00. The van der Waals surface area contributed by atoms with Crippen LogP contribution in [0, 0.1) is 0 Å². The van der Waals surface area contributed by atoms with E-state index in [0.717, 1.165) is 6.54 Å². The summed E-state index contributed by atoms with van der Waals surface area (Å²) in [7, 11) is 1.88. The average Bonchev–Trinajstić information content (AvgIpc) is 2.40. The van der Waals surface area contributed by atoms with Crippen LogP contribution in [0.4, 0.5) is 0 Å². The van der Waals surface area contributed by atoms with E-state index >= 15 is 0 Å². The van der Waals surface area contributed by atoms with Crippen molar-refractivity contribution in [2.75, 3.05) is 26.7 Å². The van der Waals surface area contributed by atoms with Gasteiger partial charge in [-0.05, 0) is 19.9 Å². The van der Waals surface area contributed by atoms with Gasteiger partial charge in [0.15, 0.2) is 0 Å². The van der Waals surface area contributed by atoms with Crippen molar-refractivity contribution in [3.8, 4) is 0 Å². The maximum Gasteiger partial charge on any atom is 0.249 e. The molecule has 0 spiro atoms. The fraction of sp³-hybridized carbons (Fsp3) is 0.727. The highest BCUT2D eigenvalue weighted by atomic mass is 16.2. The molecule has 0 aromatic heterocycles. The Morgan fingerprint density at radius 3 is 2.71 bits per heavy atom. The fourth-order valence-electron chi connectivity index (χ4n) is 2.30. The summed E-state index contributed by atoms with van der Waals surface area (Å²) >= 11 is 0. The Balaban J connectivity index is 2.07. The Morgan fingerprint density at radius 2 is 2.00 bits per heavy atom. The summed E-state index contributed by atoms with van der Waals surface area (Å²) in [6, 6.07) is -0.470. The second-order valence-corrected chi connectivity index (χ2v) is 4.65. The molecule has 2 aliphatic rings. The molecule has 17 heavy (non-hydrogen) atoms. The second kappa shape index (κ2) is 4.83. The average molecular weight is 239 g/mol. The standard InChI is InChI=1S/C11H17N3O3/c1-13-5-6-14(10(16)7-13)8-3-2-4-9(15)12-11(8)17/h8H,2-7H2,1H3,(H,12,15,17). The van der Waals surface area contributed by atoms with Gasteiger partial charge in [-0.3, -0.25) is 24.6 Å². The predicted molar refractivity (Wildman–Crippen MR) is 60.0 cm³/mol. The molecule has 0 bridgehead atoms. The molecule has 3 amide bonds. The molecule has 1 atom stereocenters. The Hall–Kier alpha value is -1.43. The van der Waals surface area contributed by atoms with Crippen LogP contribution in [0.1, 0.15) is 19.3 Å². The van der Waals surface area contributed by atoms with Crippen molar-refractivity contribution in [1.82, 2.24) is 15.1 Å². The van der Waals surface area contributed by atoms with Crippen LogP contribution < -0.4 is 5.32 Å². The Kier molecular flexibility index (Phi) is 3.42. The number of carbonyl (C=O) groups is 3. The molecule has 0 radical (unpaired) electrons. The number of hydrogen-bond donors (Lipinski definition) is 1. The van der Waals surface area contributed by atoms with Crippen molar-refractivity contribution < 1.29 is 14.4 Å². The monoisotopic (exact) mass is 239 g/mol. The van der Waals surface area contributed by atoms with Gasteiger partial charge in [-0.25, -0.2) is 0 Å². The quantitative estimate of drug-likeness (QED) is 0.593. The molecule has 2 fully saturated rings. The highest BCUT2D eigenvalue weighted by Gasteiger charge is 2.34. The van der Waals surface area contributed by atoms with E-state index in [-0.39, 0.29) is 17.7 Å². The van der Waals surface area contributed by atoms with Crippen LogP contribution >= 0.6 is 0 Å². The summed E-state index contributed by atoms with van der Waals surface area (Å²) in [6.45, 7) is 1.67. The van der Waals surface area contributed by atoms with E-state index < -0.39 is 6.04 Å². The lowest BCUT2D eigenvalue weighted by atomic mass is 10.1. The third kappa shape index (κ3) is 2.63. The molecule has 2 aliphatic heterocycles. The van der Waals surface area contributed by atoms with Gasteiger partial charge in [0, 0.05) is 19.5 Å². The molecular weight excluding hydrogens is 222 g/mol. The number of hydrogen-bond acceptors (Lipinski definition) is 4. The maximum atomic E-state index is 11.9. The summed E-state index contributed by atoms with van der Waals surface area (Å²) in [6.07, 6.45) is 1.60. The smallest absolute Gasteiger partial charge is 0.249 e. The third-order valence-corrected chi connectivity index (χ3v) is 3.27. The van der Waals surface area contributed by atoms with E-state index in [2.05, 4.69) is 5.32 Å². The molecule has 1 N–H and O–H groups in total. The zero-order valence-electron chi connectivity index (χ0n) is 9.94. The number of carbonyl (C=O) groups excluding carboxylic acids is 3. The Labute approximate surface area is 99.9 Å². The summed E-state index contributed by atoms with van der Waals surface area (Å²) in [4.78, 5) is 38.4. The van der Waals surface area contributed by atoms with Crippen molar-refractivity contribution in [2.45, 2.75) is 25.3 Å². The lowest BCUT2D eigenvalue weighted by Gasteiger charge is -2.36. The first-order valence-corrected chi connectivity index (χ1v) is 5.89. The molecule has 0 aromatic rings. The van der Waals surface area contributed by atoms with E-state index in [1.165, 1.54) is 0 Å². The van der Waals surface area contributed by atoms with Gasteiger partial charge < -0.3 is 4.90 Å². The van der Waals surface area contributed by atoms with Crippen LogP contribution in [0.15, 0.2) is 0 Å². The zero-order valence-corrected chi connectivity index (χ0v) is 9.94. The lowest BCUT2D eigenvalue weighted by molar-refractivity contribution is -0.145. The molecule has 6 nitrogen and oxygen atoms in total. The minimum absolute atomic E-state index is 0.0340. The molecule has 0 aromatic carbocycles. The van der Waals surface area contributed by atoms with Gasteiger partial charge in [-0.1, -0.05) is 0 Å². The number of piperazine rings is 1. The van der Waals surface area contributed by atoms with Gasteiger partial charge in [0.2, 0.25) is 17.7 Å². The Morgan fingerprint density at radius 1 is 1.24 bits per heavy atom. The van der Waals surface area contributed by atoms with Crippen LogP contribution in [0.3, 0.4) is 0 Å². The van der Waals surface area contributed by atoms with Crippen molar-refractivity contribution in [3.63, 3.8) is 0 Å². The van der Waals surface area contributed by atoms with Crippen LogP contribution in [-0.4, -0.2) is 60.2 Å². The minimum Gasteiger partial charge on any atom is -0.328 e. The molecule has 2 heterocycles. The van der Waals surface area contributed by atoms with Crippen LogP contribution in [0.2, 0.25) is 0 Å². The first-order valence-electron chi connectivity index (χ1n) is 5.89. The van der Waals surface area contributed by atoms with Gasteiger partial charge in [0.25, 0.3) is 0 Å². The number of imide groups is 1. The van der Waals surface area contributed by atoms with Gasteiger partial charge in [-0.2, -0.15) is 0 Å². The third-order valence-electron chi connectivity index (χ3n) is 3.27. The molecule has 2 saturated heterocycles. The summed E-state index contributed by atoms with van der Waals surface area (Å²) in [5, 5.41) is 2.34. The van der Waals surface area contributed by atoms with Crippen molar-refractivity contribution >= 4 is 17.7 Å². The minimum atomic E-state index is -0.470.